The molecule has 1 heterocycles. The fourth-order valence-corrected chi connectivity index (χ4v) is 2.80. The van der Waals surface area contributed by atoms with E-state index in [0.717, 1.165) is 0 Å². The zero-order valence-corrected chi connectivity index (χ0v) is 14.3. The molecule has 1 aromatic rings. The van der Waals surface area contributed by atoms with Crippen LogP contribution in [0.3, 0.4) is 0 Å². The van der Waals surface area contributed by atoms with Crippen molar-refractivity contribution >= 4 is 28.5 Å². The Morgan fingerprint density at radius 2 is 2.04 bits per heavy atom. The Morgan fingerprint density at radius 1 is 1.42 bits per heavy atom. The van der Waals surface area contributed by atoms with Gasteiger partial charge in [0.1, 0.15) is 10.7 Å². The second-order valence-corrected chi connectivity index (χ2v) is 5.61. The predicted molar refractivity (Wildman–Crippen MR) is 91.4 cm³/mol. The number of methoxy groups -OCH3 is 2. The number of likely N-dealkylation sites (N-methyl/N-ethyl adjacent to an activating group) is 1. The Balaban J connectivity index is 2.71. The SMILES string of the molecule is CNC(=S)C1=C(O)C(COC)(COC)Oc2ccc([N+](=O)[O-])cc21. The van der Waals surface area contributed by atoms with Crippen molar-refractivity contribution in [1.29, 1.82) is 0 Å². The molecule has 0 bridgehead atoms. The third kappa shape index (κ3) is 3.05. The van der Waals surface area contributed by atoms with Crippen LogP contribution in [-0.4, -0.2) is 55.1 Å². The predicted octanol–water partition coefficient (Wildman–Crippen LogP) is 1.83. The summed E-state index contributed by atoms with van der Waals surface area (Å²) in [6.45, 7) is 0.0257. The maximum atomic E-state index is 11.0. The number of aliphatic hydroxyl groups excluding tert-OH is 1. The normalized spacial score (nSPS) is 15.5. The van der Waals surface area contributed by atoms with E-state index in [1.54, 1.807) is 7.05 Å². The monoisotopic (exact) mass is 354 g/mol. The zero-order chi connectivity index (χ0) is 17.9. The second kappa shape index (κ2) is 7.12. The van der Waals surface area contributed by atoms with Gasteiger partial charge in [-0.1, -0.05) is 12.2 Å². The molecule has 0 saturated heterocycles. The van der Waals surface area contributed by atoms with Gasteiger partial charge in [0.05, 0.1) is 23.7 Å². The lowest BCUT2D eigenvalue weighted by molar-refractivity contribution is -0.384. The molecule has 9 heteroatoms. The Bertz CT molecular complexity index is 697. The molecule has 0 amide bonds. The molecule has 1 aliphatic heterocycles. The van der Waals surface area contributed by atoms with Gasteiger partial charge in [0.25, 0.3) is 5.69 Å². The maximum Gasteiger partial charge on any atom is 0.270 e. The molecular formula is C15H18N2O6S. The van der Waals surface area contributed by atoms with Crippen molar-refractivity contribution in [1.82, 2.24) is 5.32 Å². The van der Waals surface area contributed by atoms with Gasteiger partial charge in [-0.05, 0) is 6.07 Å². The van der Waals surface area contributed by atoms with Crippen molar-refractivity contribution in [2.75, 3.05) is 34.5 Å². The Kier molecular flexibility index (Phi) is 5.37. The van der Waals surface area contributed by atoms with E-state index >= 15 is 0 Å². The summed E-state index contributed by atoms with van der Waals surface area (Å²) < 4.78 is 16.3. The minimum absolute atomic E-state index is 0.0128. The number of nitrogens with zero attached hydrogens (tertiary/aromatic N) is 1. The van der Waals surface area contributed by atoms with Crippen LogP contribution >= 0.6 is 12.2 Å². The third-order valence-electron chi connectivity index (χ3n) is 3.63. The summed E-state index contributed by atoms with van der Waals surface area (Å²) in [6.07, 6.45) is 0. The van der Waals surface area contributed by atoms with Gasteiger partial charge >= 0.3 is 0 Å². The number of non-ortho nitro benzene ring substituents is 1. The van der Waals surface area contributed by atoms with Crippen LogP contribution in [0.1, 0.15) is 5.56 Å². The highest BCUT2D eigenvalue weighted by molar-refractivity contribution is 7.81. The van der Waals surface area contributed by atoms with Gasteiger partial charge in [-0.25, -0.2) is 0 Å². The first-order valence-electron chi connectivity index (χ1n) is 7.01. The van der Waals surface area contributed by atoms with E-state index < -0.39 is 10.5 Å². The minimum Gasteiger partial charge on any atom is -0.507 e. The van der Waals surface area contributed by atoms with Gasteiger partial charge in [0, 0.05) is 39.0 Å². The number of hydrogen-bond donors (Lipinski definition) is 2. The summed E-state index contributed by atoms with van der Waals surface area (Å²) in [5, 5.41) is 24.6. The van der Waals surface area contributed by atoms with Crippen LogP contribution in [-0.2, 0) is 9.47 Å². The molecule has 0 aromatic heterocycles. The molecule has 0 fully saturated rings. The Hall–Kier alpha value is -2.23. The molecule has 0 saturated carbocycles. The molecule has 2 rings (SSSR count). The molecule has 8 nitrogen and oxygen atoms in total. The molecule has 0 spiro atoms. The summed E-state index contributed by atoms with van der Waals surface area (Å²) in [5.74, 6) is 0.152. The van der Waals surface area contributed by atoms with E-state index in [2.05, 4.69) is 5.32 Å². The van der Waals surface area contributed by atoms with Crippen LogP contribution in [0.15, 0.2) is 24.0 Å². The standard InChI is InChI=1S/C15H18N2O6S/c1-16-14(24)12-10-6-9(17(19)20)4-5-11(10)23-15(7-21-2,8-22-3)13(12)18/h4-6,18H,7-8H2,1-3H3,(H,16,24). The van der Waals surface area contributed by atoms with E-state index in [1.807, 2.05) is 0 Å². The number of nitro groups is 1. The number of fused-ring (bicyclic) bond motifs is 1. The fraction of sp³-hybridized carbons (Fsp3) is 0.400. The molecule has 130 valence electrons. The number of thiocarbonyl (C=S) groups is 1. The average molecular weight is 354 g/mol. The third-order valence-corrected chi connectivity index (χ3v) is 4.03. The van der Waals surface area contributed by atoms with Crippen LogP contribution in [0.4, 0.5) is 5.69 Å². The van der Waals surface area contributed by atoms with E-state index in [1.165, 1.54) is 32.4 Å². The minimum atomic E-state index is -1.29. The van der Waals surface area contributed by atoms with Crippen molar-refractivity contribution in [3.63, 3.8) is 0 Å². The van der Waals surface area contributed by atoms with Crippen LogP contribution in [0.25, 0.3) is 5.57 Å². The molecule has 0 radical (unpaired) electrons. The number of aliphatic hydroxyl groups is 1. The van der Waals surface area contributed by atoms with E-state index in [9.17, 15) is 15.2 Å². The first-order valence-corrected chi connectivity index (χ1v) is 7.42. The lowest BCUT2D eigenvalue weighted by atomic mass is 9.90. The van der Waals surface area contributed by atoms with Gasteiger partial charge in [-0.2, -0.15) is 0 Å². The van der Waals surface area contributed by atoms with Crippen molar-refractivity contribution in [3.8, 4) is 5.75 Å². The van der Waals surface area contributed by atoms with Crippen molar-refractivity contribution in [3.05, 3.63) is 39.6 Å². The lowest BCUT2D eigenvalue weighted by Gasteiger charge is -2.38. The molecule has 0 unspecified atom stereocenters. The summed E-state index contributed by atoms with van der Waals surface area (Å²) in [4.78, 5) is 10.8. The molecular weight excluding hydrogens is 336 g/mol. The van der Waals surface area contributed by atoms with Gasteiger partial charge in [0.2, 0.25) is 5.60 Å². The summed E-state index contributed by atoms with van der Waals surface area (Å²) in [7, 11) is 4.54. The molecule has 0 aliphatic carbocycles. The van der Waals surface area contributed by atoms with Crippen molar-refractivity contribution < 1.29 is 24.2 Å². The number of benzene rings is 1. The first kappa shape index (κ1) is 18.1. The Labute approximate surface area is 144 Å². The summed E-state index contributed by atoms with van der Waals surface area (Å²) >= 11 is 5.27. The quantitative estimate of drug-likeness (QED) is 0.453. The van der Waals surface area contributed by atoms with Crippen LogP contribution in [0.5, 0.6) is 5.75 Å². The molecule has 1 aromatic carbocycles. The van der Waals surface area contributed by atoms with Gasteiger partial charge in [-0.3, -0.25) is 10.1 Å². The maximum absolute atomic E-state index is 11.0. The van der Waals surface area contributed by atoms with E-state index in [0.29, 0.717) is 11.3 Å². The van der Waals surface area contributed by atoms with Crippen LogP contribution in [0.2, 0.25) is 0 Å². The molecule has 2 N–H and O–H groups in total. The molecule has 24 heavy (non-hydrogen) atoms. The highest BCUT2D eigenvalue weighted by Gasteiger charge is 2.45. The molecule has 0 atom stereocenters. The zero-order valence-electron chi connectivity index (χ0n) is 13.5. The highest BCUT2D eigenvalue weighted by atomic mass is 32.1. The van der Waals surface area contributed by atoms with Gasteiger partial charge < -0.3 is 24.6 Å². The highest BCUT2D eigenvalue weighted by Crippen LogP contribution is 2.42. The number of nitrogens with one attached hydrogen (secondary N) is 1. The Morgan fingerprint density at radius 3 is 2.54 bits per heavy atom. The largest absolute Gasteiger partial charge is 0.507 e. The number of rotatable bonds is 6. The number of nitro benzene ring substituents is 1. The van der Waals surface area contributed by atoms with E-state index in [-0.39, 0.29) is 35.2 Å². The van der Waals surface area contributed by atoms with Crippen molar-refractivity contribution in [2.45, 2.75) is 5.60 Å². The van der Waals surface area contributed by atoms with Gasteiger partial charge in [-0.15, -0.1) is 0 Å². The van der Waals surface area contributed by atoms with Gasteiger partial charge in [0.15, 0.2) is 5.76 Å². The number of hydrogen-bond acceptors (Lipinski definition) is 7. The van der Waals surface area contributed by atoms with Crippen LogP contribution in [0, 0.1) is 10.1 Å². The summed E-state index contributed by atoms with van der Waals surface area (Å²) in [6, 6.07) is 4.11. The fourth-order valence-electron chi connectivity index (χ4n) is 2.59. The topological polar surface area (TPSA) is 103 Å². The van der Waals surface area contributed by atoms with Crippen molar-refractivity contribution in [2.24, 2.45) is 0 Å². The lowest BCUT2D eigenvalue weighted by Crippen LogP contribution is -2.50. The average Bonchev–Trinajstić information content (AvgIpc) is 2.55. The smallest absolute Gasteiger partial charge is 0.270 e. The second-order valence-electron chi connectivity index (χ2n) is 5.20. The van der Waals surface area contributed by atoms with Crippen LogP contribution < -0.4 is 10.1 Å². The first-order chi connectivity index (χ1) is 11.4. The van der Waals surface area contributed by atoms with E-state index in [4.69, 9.17) is 26.4 Å². The number of ether oxygens (including phenoxy) is 3. The summed E-state index contributed by atoms with van der Waals surface area (Å²) in [5.41, 5.74) is -0.828. The molecule has 1 aliphatic rings.